The zero-order valence-corrected chi connectivity index (χ0v) is 11.5. The van der Waals surface area contributed by atoms with Gasteiger partial charge in [0.05, 0.1) is 17.9 Å². The van der Waals surface area contributed by atoms with E-state index in [9.17, 15) is 9.18 Å². The molecule has 4 nitrogen and oxygen atoms in total. The van der Waals surface area contributed by atoms with E-state index in [0.717, 1.165) is 11.3 Å². The first kappa shape index (κ1) is 13.4. The van der Waals surface area contributed by atoms with Crippen LogP contribution >= 0.6 is 0 Å². The molecule has 0 spiro atoms. The Labute approximate surface area is 121 Å². The number of halogens is 1. The number of hydrogen-bond acceptors (Lipinski definition) is 3. The standard InChI is InChI=1S/C16H14FN3O/c1-2-13(10-7-8-18-9-12(10)17)19-15-11-5-3-4-6-14(11)20-16(15)21/h3-9,13H,2H2,1H3,(H,19,20,21). The lowest BCUT2D eigenvalue weighted by atomic mass is 10.0. The third-order valence-electron chi connectivity index (χ3n) is 3.48. The van der Waals surface area contributed by atoms with Gasteiger partial charge in [-0.15, -0.1) is 0 Å². The summed E-state index contributed by atoms with van der Waals surface area (Å²) in [4.78, 5) is 20.3. The van der Waals surface area contributed by atoms with E-state index in [4.69, 9.17) is 0 Å². The van der Waals surface area contributed by atoms with Crippen LogP contribution in [0, 0.1) is 5.82 Å². The fraction of sp³-hybridized carbons (Fsp3) is 0.188. The maximum atomic E-state index is 13.9. The number of aromatic nitrogens is 1. The number of aliphatic imine (C=N–C) groups is 1. The molecule has 2 heterocycles. The summed E-state index contributed by atoms with van der Waals surface area (Å²) in [5.74, 6) is -0.649. The molecule has 0 radical (unpaired) electrons. The average molecular weight is 283 g/mol. The second-order valence-corrected chi connectivity index (χ2v) is 4.80. The van der Waals surface area contributed by atoms with E-state index >= 15 is 0 Å². The number of fused-ring (bicyclic) bond motifs is 1. The van der Waals surface area contributed by atoms with Crippen LogP contribution in [-0.4, -0.2) is 16.6 Å². The zero-order chi connectivity index (χ0) is 14.8. The number of carbonyl (C=O) groups excluding carboxylic acids is 1. The van der Waals surface area contributed by atoms with Gasteiger partial charge < -0.3 is 5.32 Å². The number of amides is 1. The smallest absolute Gasteiger partial charge is 0.274 e. The van der Waals surface area contributed by atoms with Crippen LogP contribution < -0.4 is 5.32 Å². The molecule has 2 aromatic rings. The van der Waals surface area contributed by atoms with E-state index in [1.165, 1.54) is 12.4 Å². The molecular weight excluding hydrogens is 269 g/mol. The minimum Gasteiger partial charge on any atom is -0.320 e. The van der Waals surface area contributed by atoms with Crippen molar-refractivity contribution in [3.63, 3.8) is 0 Å². The minimum absolute atomic E-state index is 0.246. The second-order valence-electron chi connectivity index (χ2n) is 4.80. The predicted octanol–water partition coefficient (Wildman–Crippen LogP) is 3.11. The van der Waals surface area contributed by atoms with E-state index in [1.54, 1.807) is 6.07 Å². The van der Waals surface area contributed by atoms with E-state index < -0.39 is 11.9 Å². The van der Waals surface area contributed by atoms with Crippen LogP contribution in [0.3, 0.4) is 0 Å². The van der Waals surface area contributed by atoms with Crippen LogP contribution in [0.25, 0.3) is 0 Å². The molecular formula is C16H14FN3O. The maximum absolute atomic E-state index is 13.9. The van der Waals surface area contributed by atoms with Crippen molar-refractivity contribution in [2.45, 2.75) is 19.4 Å². The van der Waals surface area contributed by atoms with Gasteiger partial charge in [0.25, 0.3) is 5.91 Å². The molecule has 106 valence electrons. The molecule has 1 unspecified atom stereocenters. The normalized spacial score (nSPS) is 16.7. The van der Waals surface area contributed by atoms with Gasteiger partial charge in [0.1, 0.15) is 11.5 Å². The summed E-state index contributed by atoms with van der Waals surface area (Å²) in [5, 5.41) is 2.77. The Morgan fingerprint density at radius 1 is 1.33 bits per heavy atom. The first-order chi connectivity index (χ1) is 10.2. The van der Waals surface area contributed by atoms with Gasteiger partial charge in [0.2, 0.25) is 0 Å². The Morgan fingerprint density at radius 2 is 2.14 bits per heavy atom. The summed E-state index contributed by atoms with van der Waals surface area (Å²) in [5.41, 5.74) is 2.31. The van der Waals surface area contributed by atoms with Crippen molar-refractivity contribution in [1.29, 1.82) is 0 Å². The van der Waals surface area contributed by atoms with Crippen LogP contribution in [0.4, 0.5) is 10.1 Å². The third-order valence-corrected chi connectivity index (χ3v) is 3.48. The first-order valence-corrected chi connectivity index (χ1v) is 6.78. The molecule has 0 fully saturated rings. The first-order valence-electron chi connectivity index (χ1n) is 6.78. The Bertz CT molecular complexity index is 727. The molecule has 1 amide bonds. The van der Waals surface area contributed by atoms with Crippen LogP contribution in [0.2, 0.25) is 0 Å². The fourth-order valence-corrected chi connectivity index (χ4v) is 2.42. The van der Waals surface area contributed by atoms with Crippen molar-refractivity contribution >= 4 is 17.3 Å². The Morgan fingerprint density at radius 3 is 2.90 bits per heavy atom. The van der Waals surface area contributed by atoms with E-state index in [-0.39, 0.29) is 5.91 Å². The van der Waals surface area contributed by atoms with E-state index in [1.807, 2.05) is 31.2 Å². The lowest BCUT2D eigenvalue weighted by molar-refractivity contribution is -0.110. The van der Waals surface area contributed by atoms with Gasteiger partial charge in [-0.1, -0.05) is 25.1 Å². The predicted molar refractivity (Wildman–Crippen MR) is 78.8 cm³/mol. The lowest BCUT2D eigenvalue weighted by Gasteiger charge is -2.12. The van der Waals surface area contributed by atoms with Crippen molar-refractivity contribution in [3.8, 4) is 0 Å². The molecule has 1 aliphatic heterocycles. The quantitative estimate of drug-likeness (QED) is 0.941. The highest BCUT2D eigenvalue weighted by molar-refractivity contribution is 6.53. The van der Waals surface area contributed by atoms with Crippen molar-refractivity contribution < 1.29 is 9.18 Å². The highest BCUT2D eigenvalue weighted by Gasteiger charge is 2.26. The lowest BCUT2D eigenvalue weighted by Crippen LogP contribution is -2.16. The van der Waals surface area contributed by atoms with Crippen LogP contribution in [0.1, 0.15) is 30.5 Å². The van der Waals surface area contributed by atoms with Gasteiger partial charge in [-0.05, 0) is 18.6 Å². The van der Waals surface area contributed by atoms with Gasteiger partial charge in [-0.2, -0.15) is 0 Å². The number of benzene rings is 1. The molecule has 0 saturated carbocycles. The van der Waals surface area contributed by atoms with Gasteiger partial charge in [-0.3, -0.25) is 14.8 Å². The summed E-state index contributed by atoms with van der Waals surface area (Å²) in [6.07, 6.45) is 3.30. The number of nitrogens with zero attached hydrogens (tertiary/aromatic N) is 2. The largest absolute Gasteiger partial charge is 0.320 e. The Kier molecular flexibility index (Phi) is 3.48. The Hall–Kier alpha value is -2.56. The van der Waals surface area contributed by atoms with Gasteiger partial charge in [-0.25, -0.2) is 4.39 Å². The van der Waals surface area contributed by atoms with Crippen molar-refractivity contribution in [2.24, 2.45) is 4.99 Å². The highest BCUT2D eigenvalue weighted by Crippen LogP contribution is 2.28. The minimum atomic E-state index is -0.403. The monoisotopic (exact) mass is 283 g/mol. The second kappa shape index (κ2) is 5.44. The summed E-state index contributed by atoms with van der Waals surface area (Å²) in [6.45, 7) is 1.91. The molecule has 0 bridgehead atoms. The molecule has 1 aliphatic rings. The van der Waals surface area contributed by atoms with E-state index in [2.05, 4.69) is 15.3 Å². The number of para-hydroxylation sites is 1. The van der Waals surface area contributed by atoms with Gasteiger partial charge in [0, 0.05) is 17.3 Å². The average Bonchev–Trinajstić information content (AvgIpc) is 2.81. The van der Waals surface area contributed by atoms with Crippen molar-refractivity contribution in [1.82, 2.24) is 4.98 Å². The van der Waals surface area contributed by atoms with Crippen LogP contribution in [0.15, 0.2) is 47.7 Å². The maximum Gasteiger partial charge on any atom is 0.274 e. The van der Waals surface area contributed by atoms with Gasteiger partial charge in [0.15, 0.2) is 0 Å². The molecule has 1 aromatic heterocycles. The SMILES string of the molecule is CCC(N=C1C(=O)Nc2ccccc21)c1ccncc1F. The van der Waals surface area contributed by atoms with E-state index in [0.29, 0.717) is 17.7 Å². The number of hydrogen-bond donors (Lipinski definition) is 1. The number of anilines is 1. The molecule has 0 aliphatic carbocycles. The van der Waals surface area contributed by atoms with Gasteiger partial charge >= 0.3 is 0 Å². The number of rotatable bonds is 3. The molecule has 5 heteroatoms. The third kappa shape index (κ3) is 2.42. The number of pyridine rings is 1. The Balaban J connectivity index is 2.04. The number of carbonyl (C=O) groups is 1. The summed E-state index contributed by atoms with van der Waals surface area (Å²) >= 11 is 0. The molecule has 21 heavy (non-hydrogen) atoms. The summed E-state index contributed by atoms with van der Waals surface area (Å²) in [7, 11) is 0. The van der Waals surface area contributed by atoms with Crippen molar-refractivity contribution in [2.75, 3.05) is 5.32 Å². The molecule has 1 N–H and O–H groups in total. The van der Waals surface area contributed by atoms with Crippen molar-refractivity contribution in [3.05, 3.63) is 59.7 Å². The molecule has 1 atom stereocenters. The fourth-order valence-electron chi connectivity index (χ4n) is 2.42. The summed E-state index contributed by atoms with van der Waals surface area (Å²) < 4.78 is 13.9. The molecule has 0 saturated heterocycles. The summed E-state index contributed by atoms with van der Waals surface area (Å²) in [6, 6.07) is 8.56. The van der Waals surface area contributed by atoms with Crippen LogP contribution in [-0.2, 0) is 4.79 Å². The molecule has 3 rings (SSSR count). The molecule has 1 aromatic carbocycles. The zero-order valence-electron chi connectivity index (χ0n) is 11.5. The number of nitrogens with one attached hydrogen (secondary N) is 1. The highest BCUT2D eigenvalue weighted by atomic mass is 19.1. The van der Waals surface area contributed by atoms with Crippen LogP contribution in [0.5, 0.6) is 0 Å². The topological polar surface area (TPSA) is 54.4 Å².